The molecule has 0 aliphatic heterocycles. The van der Waals surface area contributed by atoms with E-state index in [9.17, 15) is 13.2 Å². The van der Waals surface area contributed by atoms with Crippen molar-refractivity contribution in [1.29, 1.82) is 0 Å². The summed E-state index contributed by atoms with van der Waals surface area (Å²) < 4.78 is 25.3. The van der Waals surface area contributed by atoms with Gasteiger partial charge in [0.05, 0.1) is 11.9 Å². The first-order valence-corrected chi connectivity index (χ1v) is 11.9. The van der Waals surface area contributed by atoms with Crippen LogP contribution in [0.4, 0.5) is 5.69 Å². The van der Waals surface area contributed by atoms with E-state index in [-0.39, 0.29) is 12.5 Å². The number of carbonyl (C=O) groups excluding carboxylic acids is 1. The van der Waals surface area contributed by atoms with Crippen molar-refractivity contribution in [2.75, 3.05) is 29.4 Å². The summed E-state index contributed by atoms with van der Waals surface area (Å²) in [7, 11) is -3.54. The van der Waals surface area contributed by atoms with E-state index in [1.54, 1.807) is 23.9 Å². The van der Waals surface area contributed by atoms with Gasteiger partial charge in [0.25, 0.3) is 0 Å². The number of nitrogens with one attached hydrogen (secondary N) is 1. The fourth-order valence-corrected chi connectivity index (χ4v) is 4.19. The van der Waals surface area contributed by atoms with Crippen molar-refractivity contribution in [2.24, 2.45) is 0 Å². The van der Waals surface area contributed by atoms with Crippen LogP contribution in [0.3, 0.4) is 0 Å². The van der Waals surface area contributed by atoms with E-state index in [1.807, 2.05) is 37.3 Å². The predicted octanol–water partition coefficient (Wildman–Crippen LogP) is 3.06. The number of sulfonamides is 1. The number of benzene rings is 2. The summed E-state index contributed by atoms with van der Waals surface area (Å²) >= 11 is 1.73. The van der Waals surface area contributed by atoms with E-state index in [4.69, 9.17) is 0 Å². The molecule has 0 atom stereocenters. The molecule has 2 aromatic rings. The first kappa shape index (κ1) is 21.3. The Bertz CT molecular complexity index is 822. The van der Waals surface area contributed by atoms with E-state index in [0.29, 0.717) is 12.2 Å². The van der Waals surface area contributed by atoms with Crippen LogP contribution in [0.2, 0.25) is 0 Å². The minimum Gasteiger partial charge on any atom is -0.354 e. The number of carbonyl (C=O) groups is 1. The third-order valence-corrected chi connectivity index (χ3v) is 6.17. The SMILES string of the molecule is CCc1ccc(N(CC(=O)NCCSCc2ccccc2)S(C)(=O)=O)cc1. The van der Waals surface area contributed by atoms with E-state index in [1.165, 1.54) is 5.56 Å². The Morgan fingerprint density at radius 3 is 2.30 bits per heavy atom. The maximum atomic E-state index is 12.2. The van der Waals surface area contributed by atoms with E-state index in [2.05, 4.69) is 17.4 Å². The van der Waals surface area contributed by atoms with Gasteiger partial charge in [-0.3, -0.25) is 9.10 Å². The maximum absolute atomic E-state index is 12.2. The molecule has 1 N–H and O–H groups in total. The molecule has 0 bridgehead atoms. The van der Waals surface area contributed by atoms with Gasteiger partial charge in [-0.1, -0.05) is 49.4 Å². The normalized spacial score (nSPS) is 11.2. The van der Waals surface area contributed by atoms with E-state index < -0.39 is 10.0 Å². The summed E-state index contributed by atoms with van der Waals surface area (Å²) in [6, 6.07) is 17.4. The Labute approximate surface area is 166 Å². The Hall–Kier alpha value is -1.99. The number of aryl methyl sites for hydroxylation is 1. The monoisotopic (exact) mass is 406 g/mol. The van der Waals surface area contributed by atoms with Crippen LogP contribution >= 0.6 is 11.8 Å². The smallest absolute Gasteiger partial charge is 0.240 e. The lowest BCUT2D eigenvalue weighted by atomic mass is 10.1. The van der Waals surface area contributed by atoms with Crippen LogP contribution in [0.15, 0.2) is 54.6 Å². The summed E-state index contributed by atoms with van der Waals surface area (Å²) in [6.07, 6.45) is 1.99. The van der Waals surface area contributed by atoms with Gasteiger partial charge in [0, 0.05) is 18.1 Å². The molecule has 27 heavy (non-hydrogen) atoms. The van der Waals surface area contributed by atoms with Gasteiger partial charge in [0.2, 0.25) is 15.9 Å². The molecule has 2 aromatic carbocycles. The highest BCUT2D eigenvalue weighted by atomic mass is 32.2. The van der Waals surface area contributed by atoms with Gasteiger partial charge in [-0.25, -0.2) is 8.42 Å². The lowest BCUT2D eigenvalue weighted by molar-refractivity contribution is -0.119. The molecule has 0 aliphatic rings. The summed E-state index contributed by atoms with van der Waals surface area (Å²) in [6.45, 7) is 2.32. The van der Waals surface area contributed by atoms with Crippen LogP contribution in [-0.2, 0) is 27.0 Å². The first-order valence-electron chi connectivity index (χ1n) is 8.85. The second-order valence-electron chi connectivity index (χ2n) is 6.18. The Morgan fingerprint density at radius 1 is 1.04 bits per heavy atom. The number of thioether (sulfide) groups is 1. The lowest BCUT2D eigenvalue weighted by Gasteiger charge is -2.22. The maximum Gasteiger partial charge on any atom is 0.240 e. The zero-order valence-electron chi connectivity index (χ0n) is 15.7. The number of hydrogen-bond acceptors (Lipinski definition) is 4. The minimum absolute atomic E-state index is 0.215. The highest BCUT2D eigenvalue weighted by molar-refractivity contribution is 7.98. The van der Waals surface area contributed by atoms with Crippen molar-refractivity contribution < 1.29 is 13.2 Å². The standard InChI is InChI=1S/C20H26N2O3S2/c1-3-17-9-11-19(12-10-17)22(27(2,24)25)15-20(23)21-13-14-26-16-18-7-5-4-6-8-18/h4-12H,3,13-16H2,1-2H3,(H,21,23). The number of amides is 1. The average molecular weight is 407 g/mol. The molecule has 0 saturated heterocycles. The Kier molecular flexibility index (Phi) is 8.19. The molecule has 0 fully saturated rings. The summed E-state index contributed by atoms with van der Waals surface area (Å²) in [5.41, 5.74) is 2.86. The van der Waals surface area contributed by atoms with E-state index >= 15 is 0 Å². The zero-order valence-corrected chi connectivity index (χ0v) is 17.4. The fraction of sp³-hybridized carbons (Fsp3) is 0.350. The molecule has 5 nitrogen and oxygen atoms in total. The predicted molar refractivity (Wildman–Crippen MR) is 114 cm³/mol. The topological polar surface area (TPSA) is 66.5 Å². The average Bonchev–Trinajstić information content (AvgIpc) is 2.66. The second-order valence-corrected chi connectivity index (χ2v) is 9.19. The van der Waals surface area contributed by atoms with Gasteiger partial charge in [-0.2, -0.15) is 11.8 Å². The lowest BCUT2D eigenvalue weighted by Crippen LogP contribution is -2.41. The summed E-state index contributed by atoms with van der Waals surface area (Å²) in [4.78, 5) is 12.2. The van der Waals surface area contributed by atoms with Crippen molar-refractivity contribution in [2.45, 2.75) is 19.1 Å². The van der Waals surface area contributed by atoms with Crippen LogP contribution in [0.25, 0.3) is 0 Å². The molecule has 0 unspecified atom stereocenters. The molecule has 0 heterocycles. The molecular formula is C20H26N2O3S2. The van der Waals surface area contributed by atoms with Crippen LogP contribution in [-0.4, -0.2) is 39.4 Å². The van der Waals surface area contributed by atoms with Crippen molar-refractivity contribution in [3.8, 4) is 0 Å². The van der Waals surface area contributed by atoms with Crippen molar-refractivity contribution in [3.63, 3.8) is 0 Å². The van der Waals surface area contributed by atoms with Gasteiger partial charge in [-0.15, -0.1) is 0 Å². The number of rotatable bonds is 10. The Morgan fingerprint density at radius 2 is 1.70 bits per heavy atom. The van der Waals surface area contributed by atoms with Gasteiger partial charge in [0.1, 0.15) is 6.54 Å². The second kappa shape index (κ2) is 10.4. The largest absolute Gasteiger partial charge is 0.354 e. The molecule has 0 radical (unpaired) electrons. The molecule has 146 valence electrons. The minimum atomic E-state index is -3.54. The first-order chi connectivity index (χ1) is 12.9. The number of nitrogens with zero attached hydrogens (tertiary/aromatic N) is 1. The van der Waals surface area contributed by atoms with Crippen LogP contribution in [0.1, 0.15) is 18.1 Å². The molecule has 0 aliphatic carbocycles. The molecule has 0 spiro atoms. The highest BCUT2D eigenvalue weighted by Crippen LogP contribution is 2.18. The van der Waals surface area contributed by atoms with Gasteiger partial charge < -0.3 is 5.32 Å². The van der Waals surface area contributed by atoms with Crippen molar-refractivity contribution in [3.05, 3.63) is 65.7 Å². The molecular weight excluding hydrogens is 380 g/mol. The van der Waals surface area contributed by atoms with Crippen LogP contribution in [0.5, 0.6) is 0 Å². The van der Waals surface area contributed by atoms with Gasteiger partial charge >= 0.3 is 0 Å². The molecule has 2 rings (SSSR count). The zero-order chi connectivity index (χ0) is 19.7. The quantitative estimate of drug-likeness (QED) is 0.616. The molecule has 0 saturated carbocycles. The Balaban J connectivity index is 1.83. The van der Waals surface area contributed by atoms with Crippen molar-refractivity contribution >= 4 is 33.4 Å². The van der Waals surface area contributed by atoms with Gasteiger partial charge in [-0.05, 0) is 29.7 Å². The number of anilines is 1. The van der Waals surface area contributed by atoms with Crippen molar-refractivity contribution in [1.82, 2.24) is 5.32 Å². The molecule has 0 aromatic heterocycles. The third-order valence-electron chi connectivity index (χ3n) is 4.00. The summed E-state index contributed by atoms with van der Waals surface area (Å²) in [5, 5.41) is 2.80. The van der Waals surface area contributed by atoms with Crippen LogP contribution < -0.4 is 9.62 Å². The van der Waals surface area contributed by atoms with Gasteiger partial charge in [0.15, 0.2) is 0 Å². The number of hydrogen-bond donors (Lipinski definition) is 1. The summed E-state index contributed by atoms with van der Waals surface area (Å²) in [5.74, 6) is 1.35. The van der Waals surface area contributed by atoms with Crippen LogP contribution in [0, 0.1) is 0 Å². The highest BCUT2D eigenvalue weighted by Gasteiger charge is 2.20. The third kappa shape index (κ3) is 7.27. The molecule has 7 heteroatoms. The molecule has 1 amide bonds. The van der Waals surface area contributed by atoms with E-state index in [0.717, 1.165) is 34.1 Å². The fourth-order valence-electron chi connectivity index (χ4n) is 2.51.